The first-order valence-corrected chi connectivity index (χ1v) is 7.31. The van der Waals surface area contributed by atoms with Crippen LogP contribution in [-0.2, 0) is 20.7 Å². The molecule has 1 saturated heterocycles. The maximum Gasteiger partial charge on any atom is 0.331 e. The van der Waals surface area contributed by atoms with E-state index in [0.29, 0.717) is 25.0 Å². The third-order valence-electron chi connectivity index (χ3n) is 4.05. The van der Waals surface area contributed by atoms with Gasteiger partial charge in [0.25, 0.3) is 0 Å². The van der Waals surface area contributed by atoms with Crippen LogP contribution in [0.4, 0.5) is 4.39 Å². The van der Waals surface area contributed by atoms with Crippen LogP contribution in [0.1, 0.15) is 25.3 Å². The second kappa shape index (κ2) is 6.87. The van der Waals surface area contributed by atoms with Gasteiger partial charge in [0.1, 0.15) is 5.82 Å². The number of carbonyl (C=O) groups is 2. The number of amides is 1. The van der Waals surface area contributed by atoms with E-state index in [2.05, 4.69) is 5.32 Å². The summed E-state index contributed by atoms with van der Waals surface area (Å²) in [5, 5.41) is 11.9. The Morgan fingerprint density at radius 1 is 1.45 bits per heavy atom. The first-order valence-electron chi connectivity index (χ1n) is 7.31. The van der Waals surface area contributed by atoms with Gasteiger partial charge in [-0.1, -0.05) is 25.1 Å². The van der Waals surface area contributed by atoms with E-state index >= 15 is 0 Å². The number of carboxylic acids is 1. The lowest BCUT2D eigenvalue weighted by Gasteiger charge is -2.25. The molecule has 1 aliphatic rings. The summed E-state index contributed by atoms with van der Waals surface area (Å²) in [7, 11) is 0. The van der Waals surface area contributed by atoms with Crippen molar-refractivity contribution in [3.63, 3.8) is 0 Å². The van der Waals surface area contributed by atoms with Gasteiger partial charge in [-0.25, -0.2) is 9.18 Å². The molecule has 6 heteroatoms. The largest absolute Gasteiger partial charge is 0.479 e. The van der Waals surface area contributed by atoms with Crippen LogP contribution >= 0.6 is 0 Å². The molecular formula is C16H20FNO4. The normalized spacial score (nSPS) is 22.3. The molecule has 0 aromatic heterocycles. The quantitative estimate of drug-likeness (QED) is 0.839. The molecule has 1 fully saturated rings. The molecule has 0 spiro atoms. The summed E-state index contributed by atoms with van der Waals surface area (Å²) in [6, 6.07) is 6.43. The number of aryl methyl sites for hydroxylation is 1. The molecule has 0 bridgehead atoms. The maximum absolute atomic E-state index is 13.5. The minimum atomic E-state index is -1.33. The zero-order chi connectivity index (χ0) is 16.2. The summed E-state index contributed by atoms with van der Waals surface area (Å²) in [5.41, 5.74) is -0.775. The van der Waals surface area contributed by atoms with E-state index in [9.17, 15) is 19.1 Å². The van der Waals surface area contributed by atoms with Gasteiger partial charge in [0.05, 0.1) is 6.61 Å². The molecule has 1 aromatic rings. The van der Waals surface area contributed by atoms with Crippen molar-refractivity contribution in [1.29, 1.82) is 0 Å². The van der Waals surface area contributed by atoms with Crippen molar-refractivity contribution in [2.45, 2.75) is 31.7 Å². The summed E-state index contributed by atoms with van der Waals surface area (Å²) in [4.78, 5) is 23.6. The fourth-order valence-corrected chi connectivity index (χ4v) is 2.45. The van der Waals surface area contributed by atoms with E-state index in [0.717, 1.165) is 0 Å². The molecule has 2 atom stereocenters. The van der Waals surface area contributed by atoms with Crippen molar-refractivity contribution in [2.75, 3.05) is 13.2 Å². The van der Waals surface area contributed by atoms with Crippen LogP contribution in [0.3, 0.4) is 0 Å². The predicted octanol–water partition coefficient (Wildman–Crippen LogP) is 1.75. The third kappa shape index (κ3) is 3.62. The number of carboxylic acid groups (broad SMARTS) is 1. The van der Waals surface area contributed by atoms with E-state index < -0.39 is 17.4 Å². The van der Waals surface area contributed by atoms with E-state index in [1.165, 1.54) is 6.07 Å². The van der Waals surface area contributed by atoms with E-state index in [4.69, 9.17) is 4.74 Å². The van der Waals surface area contributed by atoms with Crippen molar-refractivity contribution in [3.8, 4) is 0 Å². The van der Waals surface area contributed by atoms with E-state index in [1.54, 1.807) is 25.1 Å². The van der Waals surface area contributed by atoms with Gasteiger partial charge in [0, 0.05) is 18.9 Å². The first-order chi connectivity index (χ1) is 10.4. The van der Waals surface area contributed by atoms with Gasteiger partial charge >= 0.3 is 5.97 Å². The maximum atomic E-state index is 13.5. The van der Waals surface area contributed by atoms with Crippen molar-refractivity contribution in [2.24, 2.45) is 5.92 Å². The summed E-state index contributed by atoms with van der Waals surface area (Å²) >= 11 is 0. The summed E-state index contributed by atoms with van der Waals surface area (Å²) in [5.74, 6) is -2.12. The number of rotatable bonds is 6. The smallest absolute Gasteiger partial charge is 0.331 e. The molecule has 120 valence electrons. The highest BCUT2D eigenvalue weighted by Gasteiger charge is 2.44. The lowest BCUT2D eigenvalue weighted by atomic mass is 9.95. The molecule has 0 radical (unpaired) electrons. The molecular weight excluding hydrogens is 289 g/mol. The molecule has 0 aliphatic carbocycles. The minimum Gasteiger partial charge on any atom is -0.479 e. The summed E-state index contributed by atoms with van der Waals surface area (Å²) in [6.07, 6.45) is 1.13. The number of benzene rings is 1. The number of hydrogen-bond acceptors (Lipinski definition) is 3. The molecule has 0 saturated carbocycles. The molecule has 2 rings (SSSR count). The van der Waals surface area contributed by atoms with Crippen molar-refractivity contribution in [1.82, 2.24) is 5.32 Å². The Hall–Kier alpha value is -1.95. The molecule has 1 aromatic carbocycles. The summed E-state index contributed by atoms with van der Waals surface area (Å²) < 4.78 is 18.6. The second-order valence-corrected chi connectivity index (χ2v) is 5.71. The fraction of sp³-hybridized carbons (Fsp3) is 0.500. The van der Waals surface area contributed by atoms with Crippen molar-refractivity contribution < 1.29 is 23.8 Å². The summed E-state index contributed by atoms with van der Waals surface area (Å²) in [6.45, 7) is 2.01. The van der Waals surface area contributed by atoms with Crippen LogP contribution in [0, 0.1) is 11.7 Å². The zero-order valence-corrected chi connectivity index (χ0v) is 12.5. The highest BCUT2D eigenvalue weighted by Crippen LogP contribution is 2.21. The minimum absolute atomic E-state index is 0.0197. The average molecular weight is 309 g/mol. The van der Waals surface area contributed by atoms with Gasteiger partial charge in [-0.05, 0) is 24.5 Å². The molecule has 2 unspecified atom stereocenters. The van der Waals surface area contributed by atoms with Gasteiger partial charge in [0.15, 0.2) is 5.54 Å². The molecule has 1 aliphatic heterocycles. The monoisotopic (exact) mass is 309 g/mol. The highest BCUT2D eigenvalue weighted by atomic mass is 19.1. The number of nitrogens with one attached hydrogen (secondary N) is 1. The number of hydrogen-bond donors (Lipinski definition) is 2. The molecule has 1 heterocycles. The first kappa shape index (κ1) is 16.4. The fourth-order valence-electron chi connectivity index (χ4n) is 2.45. The number of ether oxygens (including phenoxy) is 1. The zero-order valence-electron chi connectivity index (χ0n) is 12.5. The lowest BCUT2D eigenvalue weighted by Crippen LogP contribution is -2.56. The molecule has 5 nitrogen and oxygen atoms in total. The van der Waals surface area contributed by atoms with Gasteiger partial charge in [0.2, 0.25) is 5.91 Å². The molecule has 1 amide bonds. The Kier molecular flexibility index (Phi) is 5.13. The van der Waals surface area contributed by atoms with Crippen LogP contribution in [0.5, 0.6) is 0 Å². The molecule has 2 N–H and O–H groups in total. The van der Waals surface area contributed by atoms with Crippen molar-refractivity contribution in [3.05, 3.63) is 35.6 Å². The number of aliphatic carboxylic acids is 1. The Labute approximate surface area is 128 Å². The van der Waals surface area contributed by atoms with Gasteiger partial charge in [-0.15, -0.1) is 0 Å². The number of carbonyl (C=O) groups excluding carboxylic acids is 1. The van der Waals surface area contributed by atoms with Crippen LogP contribution in [0.2, 0.25) is 0 Å². The lowest BCUT2D eigenvalue weighted by molar-refractivity contribution is -0.148. The SMILES string of the molecule is CC(CCc1ccccc1F)C(=O)NC1(C(=O)O)CCOC1. The van der Waals surface area contributed by atoms with E-state index in [1.807, 2.05) is 0 Å². The van der Waals surface area contributed by atoms with Gasteiger partial charge < -0.3 is 15.2 Å². The second-order valence-electron chi connectivity index (χ2n) is 5.71. The molecule has 22 heavy (non-hydrogen) atoms. The number of halogens is 1. The predicted molar refractivity (Wildman–Crippen MR) is 77.8 cm³/mol. The Morgan fingerprint density at radius 2 is 2.18 bits per heavy atom. The standard InChI is InChI=1S/C16H20FNO4/c1-11(6-7-12-4-2-3-5-13(12)17)14(19)18-16(15(20)21)8-9-22-10-16/h2-5,11H,6-10H2,1H3,(H,18,19)(H,20,21). The van der Waals surface area contributed by atoms with Crippen LogP contribution in [0.15, 0.2) is 24.3 Å². The highest BCUT2D eigenvalue weighted by molar-refractivity contribution is 5.88. The third-order valence-corrected chi connectivity index (χ3v) is 4.05. The Balaban J connectivity index is 1.92. The van der Waals surface area contributed by atoms with Gasteiger partial charge in [-0.2, -0.15) is 0 Å². The van der Waals surface area contributed by atoms with Gasteiger partial charge in [-0.3, -0.25) is 4.79 Å². The van der Waals surface area contributed by atoms with Crippen LogP contribution in [0.25, 0.3) is 0 Å². The van der Waals surface area contributed by atoms with Crippen molar-refractivity contribution >= 4 is 11.9 Å². The Morgan fingerprint density at radius 3 is 2.77 bits per heavy atom. The Bertz CT molecular complexity index is 555. The average Bonchev–Trinajstić information content (AvgIpc) is 2.96. The topological polar surface area (TPSA) is 75.6 Å². The van der Waals surface area contributed by atoms with Crippen LogP contribution < -0.4 is 5.32 Å². The van der Waals surface area contributed by atoms with E-state index in [-0.39, 0.29) is 24.8 Å². The van der Waals surface area contributed by atoms with Crippen LogP contribution in [-0.4, -0.2) is 35.7 Å².